The Bertz CT molecular complexity index is 433. The number of carbonyl (C=O) groups excluding carboxylic acids is 1. The van der Waals surface area contributed by atoms with E-state index in [-0.39, 0.29) is 22.2 Å². The molecule has 0 bridgehead atoms. The summed E-state index contributed by atoms with van der Waals surface area (Å²) in [4.78, 5) is 15.5. The maximum atomic E-state index is 11.7. The van der Waals surface area contributed by atoms with Crippen molar-refractivity contribution in [3.8, 4) is 0 Å². The third kappa shape index (κ3) is 3.09. The van der Waals surface area contributed by atoms with Gasteiger partial charge in [0.05, 0.1) is 16.7 Å². The zero-order valence-corrected chi connectivity index (χ0v) is 10.5. The van der Waals surface area contributed by atoms with E-state index in [0.717, 1.165) is 12.8 Å². The first-order valence-corrected chi connectivity index (χ1v) is 6.09. The van der Waals surface area contributed by atoms with Crippen LogP contribution in [0.2, 0.25) is 10.2 Å². The highest BCUT2D eigenvalue weighted by Crippen LogP contribution is 2.26. The molecular formula is C11H12Cl2N2O2. The number of rotatable bonds is 3. The van der Waals surface area contributed by atoms with Crippen LogP contribution in [-0.4, -0.2) is 28.6 Å². The minimum Gasteiger partial charge on any atom is -0.393 e. The molecule has 1 amide bonds. The van der Waals surface area contributed by atoms with Crippen molar-refractivity contribution < 1.29 is 9.90 Å². The maximum Gasteiger partial charge on any atom is 0.252 e. The highest BCUT2D eigenvalue weighted by molar-refractivity contribution is 6.41. The van der Waals surface area contributed by atoms with Gasteiger partial charge in [-0.3, -0.25) is 4.79 Å². The van der Waals surface area contributed by atoms with Crippen LogP contribution in [0.25, 0.3) is 0 Å². The van der Waals surface area contributed by atoms with Gasteiger partial charge in [-0.25, -0.2) is 4.98 Å². The third-order valence-corrected chi connectivity index (χ3v) is 3.51. The van der Waals surface area contributed by atoms with E-state index in [1.807, 2.05) is 0 Å². The van der Waals surface area contributed by atoms with Gasteiger partial charge < -0.3 is 10.4 Å². The number of hydrogen-bond donors (Lipinski definition) is 2. The second-order valence-corrected chi connectivity index (χ2v) is 4.96. The second-order valence-electron chi connectivity index (χ2n) is 4.20. The fourth-order valence-corrected chi connectivity index (χ4v) is 2.02. The number of aliphatic hydroxyl groups excluding tert-OH is 1. The molecule has 2 rings (SSSR count). The highest BCUT2D eigenvalue weighted by Gasteiger charge is 2.27. The number of pyridine rings is 1. The van der Waals surface area contributed by atoms with Gasteiger partial charge in [-0.1, -0.05) is 23.2 Å². The lowest BCUT2D eigenvalue weighted by molar-refractivity contribution is 0.0420. The summed E-state index contributed by atoms with van der Waals surface area (Å²) in [6.07, 6.45) is 2.68. The molecule has 0 aliphatic heterocycles. The van der Waals surface area contributed by atoms with Crippen LogP contribution in [0.15, 0.2) is 12.3 Å². The van der Waals surface area contributed by atoms with E-state index < -0.39 is 0 Å². The van der Waals surface area contributed by atoms with Crippen molar-refractivity contribution in [2.24, 2.45) is 5.92 Å². The molecule has 1 aromatic heterocycles. The number of nitrogens with one attached hydrogen (secondary N) is 1. The van der Waals surface area contributed by atoms with Gasteiger partial charge in [0, 0.05) is 12.7 Å². The summed E-state index contributed by atoms with van der Waals surface area (Å²) in [6, 6.07) is 1.49. The number of hydrogen-bond acceptors (Lipinski definition) is 3. The molecule has 0 unspecified atom stereocenters. The highest BCUT2D eigenvalue weighted by atomic mass is 35.5. The summed E-state index contributed by atoms with van der Waals surface area (Å²) in [7, 11) is 0. The minimum atomic E-state index is -0.225. The first kappa shape index (κ1) is 12.6. The molecule has 0 aromatic carbocycles. The monoisotopic (exact) mass is 274 g/mol. The Hall–Kier alpha value is -0.840. The molecule has 2 N–H and O–H groups in total. The molecule has 1 aliphatic rings. The van der Waals surface area contributed by atoms with Gasteiger partial charge in [0.25, 0.3) is 5.91 Å². The van der Waals surface area contributed by atoms with Crippen molar-refractivity contribution in [1.82, 2.24) is 10.3 Å². The van der Waals surface area contributed by atoms with Gasteiger partial charge in [-0.05, 0) is 24.8 Å². The molecule has 1 heterocycles. The molecule has 1 aromatic rings. The van der Waals surface area contributed by atoms with Crippen LogP contribution in [0, 0.1) is 5.92 Å². The Kier molecular flexibility index (Phi) is 3.86. The van der Waals surface area contributed by atoms with Gasteiger partial charge in [0.15, 0.2) is 0 Å². The van der Waals surface area contributed by atoms with Crippen molar-refractivity contribution in [1.29, 1.82) is 0 Å². The predicted molar refractivity (Wildman–Crippen MR) is 65.3 cm³/mol. The Balaban J connectivity index is 1.88. The molecule has 1 fully saturated rings. The summed E-state index contributed by atoms with van der Waals surface area (Å²) in [6.45, 7) is 0.566. The lowest BCUT2D eigenvalue weighted by Crippen LogP contribution is -2.38. The number of carbonyl (C=O) groups is 1. The van der Waals surface area contributed by atoms with Crippen molar-refractivity contribution in [2.75, 3.05) is 6.54 Å². The summed E-state index contributed by atoms with van der Waals surface area (Å²) in [5.41, 5.74) is 0.388. The standard InChI is InChI=1S/C11H12Cl2N2O2/c12-9-3-7(5-14-10(9)13)11(17)15-4-6-1-8(16)2-6/h3,5-6,8,16H,1-2,4H2,(H,15,17). The number of aliphatic hydroxyl groups is 1. The van der Waals surface area contributed by atoms with Crippen LogP contribution in [0.3, 0.4) is 0 Å². The van der Waals surface area contributed by atoms with Crippen molar-refractivity contribution in [2.45, 2.75) is 18.9 Å². The molecule has 1 aliphatic carbocycles. The van der Waals surface area contributed by atoms with Gasteiger partial charge in [-0.15, -0.1) is 0 Å². The van der Waals surface area contributed by atoms with Crippen LogP contribution in [0.1, 0.15) is 23.2 Å². The fraction of sp³-hybridized carbons (Fsp3) is 0.455. The zero-order chi connectivity index (χ0) is 12.4. The predicted octanol–water partition coefficient (Wildman–Crippen LogP) is 1.89. The molecule has 4 nitrogen and oxygen atoms in total. The lowest BCUT2D eigenvalue weighted by atomic mass is 9.82. The van der Waals surface area contributed by atoms with Gasteiger partial charge in [-0.2, -0.15) is 0 Å². The number of amides is 1. The van der Waals surface area contributed by atoms with Crippen molar-refractivity contribution >= 4 is 29.1 Å². The van der Waals surface area contributed by atoms with Crippen LogP contribution < -0.4 is 5.32 Å². The quantitative estimate of drug-likeness (QED) is 0.828. The molecular weight excluding hydrogens is 263 g/mol. The molecule has 0 saturated heterocycles. The Labute approximate surface area is 109 Å². The van der Waals surface area contributed by atoms with Crippen LogP contribution in [0.5, 0.6) is 0 Å². The van der Waals surface area contributed by atoms with Crippen LogP contribution in [-0.2, 0) is 0 Å². The van der Waals surface area contributed by atoms with E-state index in [9.17, 15) is 4.79 Å². The average molecular weight is 275 g/mol. The van der Waals surface area contributed by atoms with Gasteiger partial charge in [0.2, 0.25) is 0 Å². The van der Waals surface area contributed by atoms with Crippen LogP contribution >= 0.6 is 23.2 Å². The van der Waals surface area contributed by atoms with Gasteiger partial charge >= 0.3 is 0 Å². The number of aromatic nitrogens is 1. The van der Waals surface area contributed by atoms with E-state index in [1.54, 1.807) is 0 Å². The average Bonchev–Trinajstić information content (AvgIpc) is 2.26. The maximum absolute atomic E-state index is 11.7. The molecule has 0 radical (unpaired) electrons. The Morgan fingerprint density at radius 3 is 2.82 bits per heavy atom. The molecule has 1 saturated carbocycles. The Morgan fingerprint density at radius 1 is 1.53 bits per heavy atom. The largest absolute Gasteiger partial charge is 0.393 e. The zero-order valence-electron chi connectivity index (χ0n) is 8.99. The van der Waals surface area contributed by atoms with E-state index in [4.69, 9.17) is 28.3 Å². The topological polar surface area (TPSA) is 62.2 Å². The van der Waals surface area contributed by atoms with Gasteiger partial charge in [0.1, 0.15) is 5.15 Å². The normalized spacial score (nSPS) is 23.0. The SMILES string of the molecule is O=C(NCC1CC(O)C1)c1cnc(Cl)c(Cl)c1. The molecule has 6 heteroatoms. The lowest BCUT2D eigenvalue weighted by Gasteiger charge is -2.31. The summed E-state index contributed by atoms with van der Waals surface area (Å²) in [5, 5.41) is 12.3. The first-order valence-electron chi connectivity index (χ1n) is 5.33. The smallest absolute Gasteiger partial charge is 0.252 e. The molecule has 0 atom stereocenters. The van der Waals surface area contributed by atoms with E-state index in [1.165, 1.54) is 12.3 Å². The van der Waals surface area contributed by atoms with Crippen molar-refractivity contribution in [3.05, 3.63) is 28.0 Å². The Morgan fingerprint density at radius 2 is 2.24 bits per heavy atom. The molecule has 92 valence electrons. The van der Waals surface area contributed by atoms with Crippen LogP contribution in [0.4, 0.5) is 0 Å². The fourth-order valence-electron chi connectivity index (χ4n) is 1.75. The molecule has 17 heavy (non-hydrogen) atoms. The van der Waals surface area contributed by atoms with E-state index in [2.05, 4.69) is 10.3 Å². The molecule has 0 spiro atoms. The first-order chi connectivity index (χ1) is 8.06. The van der Waals surface area contributed by atoms with E-state index in [0.29, 0.717) is 18.0 Å². The second kappa shape index (κ2) is 5.21. The number of nitrogens with zero attached hydrogens (tertiary/aromatic N) is 1. The van der Waals surface area contributed by atoms with E-state index >= 15 is 0 Å². The third-order valence-electron chi connectivity index (χ3n) is 2.82. The summed E-state index contributed by atoms with van der Waals surface area (Å²) in [5.74, 6) is 0.141. The minimum absolute atomic E-state index is 0.185. The summed E-state index contributed by atoms with van der Waals surface area (Å²) < 4.78 is 0. The van der Waals surface area contributed by atoms with Crippen molar-refractivity contribution in [3.63, 3.8) is 0 Å². The summed E-state index contributed by atoms with van der Waals surface area (Å²) >= 11 is 11.4. The number of halogens is 2.